The van der Waals surface area contributed by atoms with Crippen LogP contribution in [-0.4, -0.2) is 17.1 Å². The molecule has 0 aromatic heterocycles. The fourth-order valence-corrected chi connectivity index (χ4v) is 4.04. The lowest BCUT2D eigenvalue weighted by atomic mass is 10.0. The lowest BCUT2D eigenvalue weighted by Gasteiger charge is -2.24. The summed E-state index contributed by atoms with van der Waals surface area (Å²) in [6.45, 7) is 4.11. The summed E-state index contributed by atoms with van der Waals surface area (Å²) < 4.78 is 5.87. The SMILES string of the molecule is CC(C)Oc1ccccc1C(N)CSC1CCCCC1. The first-order valence-electron chi connectivity index (χ1n) is 7.79. The van der Waals surface area contributed by atoms with Crippen molar-refractivity contribution in [2.75, 3.05) is 5.75 Å². The van der Waals surface area contributed by atoms with Crippen LogP contribution in [0, 0.1) is 0 Å². The highest BCUT2D eigenvalue weighted by Gasteiger charge is 2.18. The van der Waals surface area contributed by atoms with Crippen LogP contribution in [0.1, 0.15) is 57.6 Å². The molecule has 2 rings (SSSR count). The highest BCUT2D eigenvalue weighted by molar-refractivity contribution is 7.99. The summed E-state index contributed by atoms with van der Waals surface area (Å²) in [6, 6.07) is 8.26. The number of ether oxygens (including phenoxy) is 1. The van der Waals surface area contributed by atoms with Crippen molar-refractivity contribution in [3.63, 3.8) is 0 Å². The zero-order valence-electron chi connectivity index (χ0n) is 12.7. The van der Waals surface area contributed by atoms with E-state index >= 15 is 0 Å². The average molecular weight is 293 g/mol. The number of para-hydroxylation sites is 1. The Balaban J connectivity index is 1.92. The summed E-state index contributed by atoms with van der Waals surface area (Å²) >= 11 is 2.05. The highest BCUT2D eigenvalue weighted by atomic mass is 32.2. The predicted octanol–water partition coefficient (Wildman–Crippen LogP) is 4.54. The maximum atomic E-state index is 6.39. The molecule has 1 aromatic rings. The number of hydrogen-bond acceptors (Lipinski definition) is 3. The number of thioether (sulfide) groups is 1. The Morgan fingerprint density at radius 1 is 1.20 bits per heavy atom. The van der Waals surface area contributed by atoms with Crippen LogP contribution in [0.25, 0.3) is 0 Å². The van der Waals surface area contributed by atoms with Gasteiger partial charge in [-0.3, -0.25) is 0 Å². The van der Waals surface area contributed by atoms with Crippen LogP contribution in [-0.2, 0) is 0 Å². The summed E-state index contributed by atoms with van der Waals surface area (Å²) in [6.07, 6.45) is 7.10. The summed E-state index contributed by atoms with van der Waals surface area (Å²) in [5, 5.41) is 0.813. The Morgan fingerprint density at radius 3 is 2.60 bits per heavy atom. The van der Waals surface area contributed by atoms with Gasteiger partial charge in [-0.15, -0.1) is 0 Å². The molecule has 1 aliphatic carbocycles. The van der Waals surface area contributed by atoms with E-state index in [1.54, 1.807) is 0 Å². The lowest BCUT2D eigenvalue weighted by Crippen LogP contribution is -2.18. The van der Waals surface area contributed by atoms with Crippen molar-refractivity contribution in [3.8, 4) is 5.75 Å². The summed E-state index contributed by atoms with van der Waals surface area (Å²) in [4.78, 5) is 0. The molecule has 112 valence electrons. The molecule has 1 unspecified atom stereocenters. The van der Waals surface area contributed by atoms with E-state index in [9.17, 15) is 0 Å². The fourth-order valence-electron chi connectivity index (χ4n) is 2.71. The number of rotatable bonds is 6. The summed E-state index contributed by atoms with van der Waals surface area (Å²) in [5.41, 5.74) is 7.53. The molecule has 0 saturated heterocycles. The van der Waals surface area contributed by atoms with Gasteiger partial charge in [-0.25, -0.2) is 0 Å². The van der Waals surface area contributed by atoms with E-state index in [4.69, 9.17) is 10.5 Å². The molecule has 1 aliphatic rings. The Bertz CT molecular complexity index is 402. The molecule has 0 bridgehead atoms. The minimum Gasteiger partial charge on any atom is -0.491 e. The molecular weight excluding hydrogens is 266 g/mol. The van der Waals surface area contributed by atoms with Crippen molar-refractivity contribution >= 4 is 11.8 Å². The standard InChI is InChI=1S/C17H27NOS/c1-13(2)19-17-11-7-6-10-15(17)16(18)12-20-14-8-4-3-5-9-14/h6-7,10-11,13-14,16H,3-5,8-9,12,18H2,1-2H3. The second kappa shape index (κ2) is 7.94. The van der Waals surface area contributed by atoms with Crippen molar-refractivity contribution in [2.24, 2.45) is 5.73 Å². The van der Waals surface area contributed by atoms with Gasteiger partial charge in [-0.1, -0.05) is 37.5 Å². The Hall–Kier alpha value is -0.670. The first-order valence-corrected chi connectivity index (χ1v) is 8.84. The lowest BCUT2D eigenvalue weighted by molar-refractivity contribution is 0.239. The van der Waals surface area contributed by atoms with Crippen LogP contribution in [0.5, 0.6) is 5.75 Å². The number of hydrogen-bond donors (Lipinski definition) is 1. The van der Waals surface area contributed by atoms with Crippen molar-refractivity contribution < 1.29 is 4.74 Å². The zero-order valence-corrected chi connectivity index (χ0v) is 13.5. The monoisotopic (exact) mass is 293 g/mol. The van der Waals surface area contributed by atoms with Crippen molar-refractivity contribution in [3.05, 3.63) is 29.8 Å². The highest BCUT2D eigenvalue weighted by Crippen LogP contribution is 2.32. The first kappa shape index (κ1) is 15.7. The minimum atomic E-state index is 0.0666. The normalized spacial score (nSPS) is 18.2. The second-order valence-corrected chi connectivity index (χ2v) is 7.24. The van der Waals surface area contributed by atoms with Gasteiger partial charge in [0.25, 0.3) is 0 Å². The molecule has 0 spiro atoms. The molecule has 0 heterocycles. The van der Waals surface area contributed by atoms with E-state index in [1.165, 1.54) is 32.1 Å². The molecule has 3 heteroatoms. The van der Waals surface area contributed by atoms with Gasteiger partial charge in [0.2, 0.25) is 0 Å². The van der Waals surface area contributed by atoms with Gasteiger partial charge in [-0.2, -0.15) is 11.8 Å². The van der Waals surface area contributed by atoms with Crippen molar-refractivity contribution in [1.29, 1.82) is 0 Å². The summed E-state index contributed by atoms with van der Waals surface area (Å²) in [7, 11) is 0. The van der Waals surface area contributed by atoms with Crippen LogP contribution < -0.4 is 10.5 Å². The Labute approximate surface area is 127 Å². The van der Waals surface area contributed by atoms with Crippen molar-refractivity contribution in [1.82, 2.24) is 0 Å². The quantitative estimate of drug-likeness (QED) is 0.836. The fraction of sp³-hybridized carbons (Fsp3) is 0.647. The predicted molar refractivity (Wildman–Crippen MR) is 88.5 cm³/mol. The largest absolute Gasteiger partial charge is 0.491 e. The maximum Gasteiger partial charge on any atom is 0.124 e. The van der Waals surface area contributed by atoms with Gasteiger partial charge in [0.15, 0.2) is 0 Å². The molecule has 1 atom stereocenters. The van der Waals surface area contributed by atoms with Crippen LogP contribution in [0.3, 0.4) is 0 Å². The van der Waals surface area contributed by atoms with Gasteiger partial charge in [0.1, 0.15) is 5.75 Å². The maximum absolute atomic E-state index is 6.39. The third kappa shape index (κ3) is 4.71. The minimum absolute atomic E-state index is 0.0666. The van der Waals surface area contributed by atoms with E-state index in [2.05, 4.69) is 19.9 Å². The topological polar surface area (TPSA) is 35.2 Å². The molecule has 0 aliphatic heterocycles. The molecule has 1 aromatic carbocycles. The van der Waals surface area contributed by atoms with Gasteiger partial charge >= 0.3 is 0 Å². The van der Waals surface area contributed by atoms with Gasteiger partial charge in [-0.05, 0) is 32.8 Å². The second-order valence-electron chi connectivity index (χ2n) is 5.90. The van der Waals surface area contributed by atoms with E-state index in [0.29, 0.717) is 0 Å². The average Bonchev–Trinajstić information content (AvgIpc) is 2.46. The van der Waals surface area contributed by atoms with E-state index in [-0.39, 0.29) is 12.1 Å². The third-order valence-corrected chi connectivity index (χ3v) is 5.24. The molecule has 2 nitrogen and oxygen atoms in total. The van der Waals surface area contributed by atoms with Crippen LogP contribution in [0.4, 0.5) is 0 Å². The van der Waals surface area contributed by atoms with E-state index in [0.717, 1.165) is 22.3 Å². The van der Waals surface area contributed by atoms with Gasteiger partial charge in [0.05, 0.1) is 6.10 Å². The smallest absolute Gasteiger partial charge is 0.124 e. The van der Waals surface area contributed by atoms with Crippen molar-refractivity contribution in [2.45, 2.75) is 63.3 Å². The first-order chi connectivity index (χ1) is 9.66. The van der Waals surface area contributed by atoms with Crippen LogP contribution in [0.2, 0.25) is 0 Å². The molecule has 2 N–H and O–H groups in total. The Morgan fingerprint density at radius 2 is 1.90 bits per heavy atom. The third-order valence-electron chi connectivity index (χ3n) is 3.74. The zero-order chi connectivity index (χ0) is 14.4. The number of nitrogens with two attached hydrogens (primary N) is 1. The molecule has 1 fully saturated rings. The molecule has 0 radical (unpaired) electrons. The number of benzene rings is 1. The van der Waals surface area contributed by atoms with E-state index in [1.807, 2.05) is 30.0 Å². The van der Waals surface area contributed by atoms with Crippen LogP contribution >= 0.6 is 11.8 Å². The summed E-state index contributed by atoms with van der Waals surface area (Å²) in [5.74, 6) is 1.93. The Kier molecular flexibility index (Phi) is 6.24. The molecular formula is C17H27NOS. The van der Waals surface area contributed by atoms with Gasteiger partial charge < -0.3 is 10.5 Å². The molecule has 20 heavy (non-hydrogen) atoms. The molecule has 0 amide bonds. The van der Waals surface area contributed by atoms with E-state index < -0.39 is 0 Å². The van der Waals surface area contributed by atoms with Gasteiger partial charge in [0, 0.05) is 22.6 Å². The van der Waals surface area contributed by atoms with Crippen LogP contribution in [0.15, 0.2) is 24.3 Å². The molecule has 1 saturated carbocycles.